The molecule has 0 bridgehead atoms. The van der Waals surface area contributed by atoms with E-state index in [2.05, 4.69) is 0 Å². The van der Waals surface area contributed by atoms with Crippen molar-refractivity contribution in [1.82, 2.24) is 4.90 Å². The molecular weight excluding hydrogens is 356 g/mol. The third-order valence-corrected chi connectivity index (χ3v) is 5.27. The highest BCUT2D eigenvalue weighted by Gasteiger charge is 2.17. The number of amides is 1. The molecule has 0 heterocycles. The SMILES string of the molecule is CC(c1ccc(S(C)=O)cc1)N(C)C(=O)CCc1ccccc1N.Cl. The van der Waals surface area contributed by atoms with Gasteiger partial charge in [-0.2, -0.15) is 0 Å². The van der Waals surface area contributed by atoms with E-state index >= 15 is 0 Å². The minimum absolute atomic E-state index is 0. The Kier molecular flexibility index (Phi) is 8.13. The van der Waals surface area contributed by atoms with Gasteiger partial charge < -0.3 is 10.6 Å². The van der Waals surface area contributed by atoms with Crippen LogP contribution in [-0.2, 0) is 22.0 Å². The number of halogens is 1. The number of benzene rings is 2. The maximum absolute atomic E-state index is 12.5. The molecule has 0 aromatic heterocycles. The van der Waals surface area contributed by atoms with Crippen molar-refractivity contribution in [1.29, 1.82) is 0 Å². The first-order chi connectivity index (χ1) is 11.4. The molecule has 0 aliphatic carbocycles. The van der Waals surface area contributed by atoms with Crippen LogP contribution in [0.4, 0.5) is 5.69 Å². The standard InChI is InChI=1S/C19H24N2O2S.ClH/c1-14(15-8-11-17(12-9-15)24(3)23)21(2)19(22)13-10-16-6-4-5-7-18(16)20;/h4-9,11-12,14H,10,13,20H2,1-3H3;1H. The Morgan fingerprint density at radius 1 is 1.16 bits per heavy atom. The molecule has 0 aliphatic heterocycles. The third-order valence-electron chi connectivity index (χ3n) is 4.33. The first-order valence-electron chi connectivity index (χ1n) is 7.92. The number of carbonyl (C=O) groups excluding carboxylic acids is 1. The lowest BCUT2D eigenvalue weighted by atomic mass is 10.0. The molecule has 2 aromatic rings. The third kappa shape index (κ3) is 5.58. The van der Waals surface area contributed by atoms with Gasteiger partial charge in [-0.3, -0.25) is 9.00 Å². The molecule has 6 heteroatoms. The number of carbonyl (C=O) groups is 1. The summed E-state index contributed by atoms with van der Waals surface area (Å²) in [5.41, 5.74) is 8.68. The van der Waals surface area contributed by atoms with Crippen LogP contribution < -0.4 is 5.73 Å². The van der Waals surface area contributed by atoms with Gasteiger partial charge in [-0.15, -0.1) is 12.4 Å². The van der Waals surface area contributed by atoms with Gasteiger partial charge in [-0.1, -0.05) is 30.3 Å². The zero-order valence-corrected chi connectivity index (χ0v) is 16.4. The molecule has 136 valence electrons. The molecule has 0 spiro atoms. The van der Waals surface area contributed by atoms with Crippen LogP contribution in [0.25, 0.3) is 0 Å². The molecule has 2 unspecified atom stereocenters. The van der Waals surface area contributed by atoms with Gasteiger partial charge in [-0.25, -0.2) is 0 Å². The summed E-state index contributed by atoms with van der Waals surface area (Å²) >= 11 is 0. The molecule has 2 N–H and O–H groups in total. The average Bonchev–Trinajstić information content (AvgIpc) is 2.59. The zero-order chi connectivity index (χ0) is 17.7. The molecule has 0 radical (unpaired) electrons. The molecule has 0 fully saturated rings. The zero-order valence-electron chi connectivity index (χ0n) is 14.8. The molecular formula is C19H25ClN2O2S. The van der Waals surface area contributed by atoms with E-state index < -0.39 is 10.8 Å². The van der Waals surface area contributed by atoms with E-state index in [0.29, 0.717) is 12.8 Å². The number of rotatable bonds is 6. The number of hydrogen-bond acceptors (Lipinski definition) is 3. The van der Waals surface area contributed by atoms with Gasteiger partial charge in [0, 0.05) is 41.1 Å². The molecule has 0 aliphatic rings. The van der Waals surface area contributed by atoms with Crippen molar-refractivity contribution in [2.24, 2.45) is 0 Å². The van der Waals surface area contributed by atoms with Gasteiger partial charge >= 0.3 is 0 Å². The predicted octanol–water partition coefficient (Wildman–Crippen LogP) is 3.58. The normalized spacial score (nSPS) is 12.8. The maximum atomic E-state index is 12.5. The lowest BCUT2D eigenvalue weighted by molar-refractivity contribution is -0.131. The topological polar surface area (TPSA) is 63.4 Å². The fourth-order valence-electron chi connectivity index (χ4n) is 2.56. The Labute approximate surface area is 158 Å². The van der Waals surface area contributed by atoms with Crippen LogP contribution in [0.2, 0.25) is 0 Å². The molecule has 4 nitrogen and oxygen atoms in total. The highest BCUT2D eigenvalue weighted by atomic mass is 35.5. The molecule has 0 saturated heterocycles. The Bertz CT molecular complexity index is 734. The molecule has 0 saturated carbocycles. The number of anilines is 1. The van der Waals surface area contributed by atoms with Crippen molar-refractivity contribution in [3.05, 3.63) is 59.7 Å². The number of aryl methyl sites for hydroxylation is 1. The second kappa shape index (κ2) is 9.59. The van der Waals surface area contributed by atoms with Crippen LogP contribution in [0.5, 0.6) is 0 Å². The summed E-state index contributed by atoms with van der Waals surface area (Å²) in [6.07, 6.45) is 2.71. The quantitative estimate of drug-likeness (QED) is 0.779. The first kappa shape index (κ1) is 21.2. The Balaban J connectivity index is 0.00000312. The number of nitrogens with zero attached hydrogens (tertiary/aromatic N) is 1. The fourth-order valence-corrected chi connectivity index (χ4v) is 3.08. The minimum atomic E-state index is -0.989. The second-order valence-electron chi connectivity index (χ2n) is 5.90. The molecule has 2 aromatic carbocycles. The summed E-state index contributed by atoms with van der Waals surface area (Å²) in [6.45, 7) is 1.99. The number of nitrogen functional groups attached to an aromatic ring is 1. The monoisotopic (exact) mass is 380 g/mol. The Morgan fingerprint density at radius 3 is 2.32 bits per heavy atom. The number of para-hydroxylation sites is 1. The smallest absolute Gasteiger partial charge is 0.223 e. The first-order valence-corrected chi connectivity index (χ1v) is 9.48. The van der Waals surface area contributed by atoms with Gasteiger partial charge in [0.25, 0.3) is 0 Å². The lowest BCUT2D eigenvalue weighted by Gasteiger charge is -2.25. The number of nitrogens with two attached hydrogens (primary N) is 1. The molecule has 2 rings (SSSR count). The molecule has 2 atom stereocenters. The van der Waals surface area contributed by atoms with Gasteiger partial charge in [0.2, 0.25) is 5.91 Å². The average molecular weight is 381 g/mol. The molecule has 25 heavy (non-hydrogen) atoms. The van der Waals surface area contributed by atoms with Gasteiger partial charge in [-0.05, 0) is 42.7 Å². The van der Waals surface area contributed by atoms with E-state index in [1.54, 1.807) is 11.2 Å². The van der Waals surface area contributed by atoms with Crippen molar-refractivity contribution in [3.8, 4) is 0 Å². The predicted molar refractivity (Wildman–Crippen MR) is 106 cm³/mol. The van der Waals surface area contributed by atoms with E-state index in [1.165, 1.54) is 0 Å². The van der Waals surface area contributed by atoms with Crippen molar-refractivity contribution in [2.75, 3.05) is 19.0 Å². The largest absolute Gasteiger partial charge is 0.399 e. The summed E-state index contributed by atoms with van der Waals surface area (Å²) < 4.78 is 11.5. The van der Waals surface area contributed by atoms with E-state index in [4.69, 9.17) is 5.73 Å². The lowest BCUT2D eigenvalue weighted by Crippen LogP contribution is -2.29. The summed E-state index contributed by atoms with van der Waals surface area (Å²) in [7, 11) is 0.824. The van der Waals surface area contributed by atoms with Crippen molar-refractivity contribution in [3.63, 3.8) is 0 Å². The highest BCUT2D eigenvalue weighted by molar-refractivity contribution is 7.84. The highest BCUT2D eigenvalue weighted by Crippen LogP contribution is 2.21. The van der Waals surface area contributed by atoms with Crippen LogP contribution in [-0.4, -0.2) is 28.3 Å². The second-order valence-corrected chi connectivity index (χ2v) is 7.28. The Morgan fingerprint density at radius 2 is 1.76 bits per heavy atom. The van der Waals surface area contributed by atoms with Crippen LogP contribution in [0, 0.1) is 0 Å². The number of hydrogen-bond donors (Lipinski definition) is 1. The van der Waals surface area contributed by atoms with E-state index in [9.17, 15) is 9.00 Å². The van der Waals surface area contributed by atoms with Crippen LogP contribution >= 0.6 is 12.4 Å². The van der Waals surface area contributed by atoms with Crippen molar-refractivity contribution in [2.45, 2.75) is 30.7 Å². The van der Waals surface area contributed by atoms with Gasteiger partial charge in [0.05, 0.1) is 6.04 Å². The van der Waals surface area contributed by atoms with Gasteiger partial charge in [0.1, 0.15) is 0 Å². The van der Waals surface area contributed by atoms with Crippen LogP contribution in [0.15, 0.2) is 53.4 Å². The summed E-state index contributed by atoms with van der Waals surface area (Å²) in [4.78, 5) is 15.0. The maximum Gasteiger partial charge on any atom is 0.223 e. The van der Waals surface area contributed by atoms with Crippen LogP contribution in [0.1, 0.15) is 30.5 Å². The minimum Gasteiger partial charge on any atom is -0.399 e. The van der Waals surface area contributed by atoms with Crippen LogP contribution in [0.3, 0.4) is 0 Å². The van der Waals surface area contributed by atoms with E-state index in [-0.39, 0.29) is 24.4 Å². The van der Waals surface area contributed by atoms with Crippen molar-refractivity contribution >= 4 is 34.8 Å². The van der Waals surface area contributed by atoms with E-state index in [1.807, 2.05) is 62.5 Å². The van der Waals surface area contributed by atoms with E-state index in [0.717, 1.165) is 21.7 Å². The van der Waals surface area contributed by atoms with Gasteiger partial charge in [0.15, 0.2) is 0 Å². The fraction of sp³-hybridized carbons (Fsp3) is 0.316. The summed E-state index contributed by atoms with van der Waals surface area (Å²) in [6, 6.07) is 15.2. The summed E-state index contributed by atoms with van der Waals surface area (Å²) in [5.74, 6) is 0.0777. The van der Waals surface area contributed by atoms with Crippen molar-refractivity contribution < 1.29 is 9.00 Å². The summed E-state index contributed by atoms with van der Waals surface area (Å²) in [5, 5.41) is 0. The molecule has 1 amide bonds. The Hall–Kier alpha value is -1.85.